The second-order valence-electron chi connectivity index (χ2n) is 4.74. The summed E-state index contributed by atoms with van der Waals surface area (Å²) in [6.45, 7) is 4.73. The maximum atomic E-state index is 12.4. The van der Waals surface area contributed by atoms with Crippen molar-refractivity contribution in [1.82, 2.24) is 4.90 Å². The van der Waals surface area contributed by atoms with Crippen LogP contribution in [0.25, 0.3) is 0 Å². The van der Waals surface area contributed by atoms with Gasteiger partial charge in [0.15, 0.2) is 0 Å². The molecule has 1 aliphatic carbocycles. The molecule has 0 spiro atoms. The van der Waals surface area contributed by atoms with Crippen molar-refractivity contribution in [2.45, 2.75) is 25.8 Å². The highest BCUT2D eigenvalue weighted by Gasteiger charge is 2.24. The van der Waals surface area contributed by atoms with Gasteiger partial charge in [0, 0.05) is 19.5 Å². The molecule has 1 aliphatic rings. The molecule has 3 nitrogen and oxygen atoms in total. The third-order valence-electron chi connectivity index (χ3n) is 3.30. The van der Waals surface area contributed by atoms with Gasteiger partial charge in [0.2, 0.25) is 0 Å². The molecule has 3 heteroatoms. The van der Waals surface area contributed by atoms with Gasteiger partial charge in [-0.3, -0.25) is 4.79 Å². The highest BCUT2D eigenvalue weighted by atomic mass is 16.3. The number of hydrogen-bond acceptors (Lipinski definition) is 2. The van der Waals surface area contributed by atoms with E-state index >= 15 is 0 Å². The molecule has 0 heterocycles. The van der Waals surface area contributed by atoms with E-state index in [4.69, 9.17) is 0 Å². The van der Waals surface area contributed by atoms with Crippen LogP contribution in [0.2, 0.25) is 0 Å². The topological polar surface area (TPSA) is 40.5 Å². The lowest BCUT2D eigenvalue weighted by Gasteiger charge is -2.22. The number of aliphatic hydroxyl groups excluding tert-OH is 1. The largest absolute Gasteiger partial charge is 0.512 e. The van der Waals surface area contributed by atoms with Gasteiger partial charge in [0.25, 0.3) is 5.91 Å². The van der Waals surface area contributed by atoms with Crippen molar-refractivity contribution in [1.29, 1.82) is 0 Å². The van der Waals surface area contributed by atoms with E-state index in [1.54, 1.807) is 11.0 Å². The van der Waals surface area contributed by atoms with Gasteiger partial charge in [0.1, 0.15) is 5.76 Å². The Bertz CT molecular complexity index is 491. The summed E-state index contributed by atoms with van der Waals surface area (Å²) >= 11 is 0. The van der Waals surface area contributed by atoms with Crippen LogP contribution in [0.5, 0.6) is 0 Å². The number of carbonyl (C=O) groups excluding carboxylic acids is 1. The lowest BCUT2D eigenvalue weighted by atomic mass is 10.1. The van der Waals surface area contributed by atoms with Crippen molar-refractivity contribution >= 4 is 5.91 Å². The molecular formula is C16H19NO2. The Hall–Kier alpha value is -2.03. The SMILES string of the molecule is C=CCN(Cc1ccccc1)C(=O)C1=C(O)CCC1. The average Bonchev–Trinajstić information content (AvgIpc) is 2.85. The Labute approximate surface area is 113 Å². The van der Waals surface area contributed by atoms with Crippen molar-refractivity contribution in [3.8, 4) is 0 Å². The zero-order chi connectivity index (χ0) is 13.7. The first-order valence-electron chi connectivity index (χ1n) is 6.57. The molecule has 1 amide bonds. The quantitative estimate of drug-likeness (QED) is 0.823. The third-order valence-corrected chi connectivity index (χ3v) is 3.30. The minimum Gasteiger partial charge on any atom is -0.512 e. The first-order valence-corrected chi connectivity index (χ1v) is 6.57. The fourth-order valence-corrected chi connectivity index (χ4v) is 2.33. The highest BCUT2D eigenvalue weighted by molar-refractivity contribution is 5.94. The third kappa shape index (κ3) is 3.25. The number of benzene rings is 1. The molecule has 0 saturated heterocycles. The summed E-state index contributed by atoms with van der Waals surface area (Å²) in [6.07, 6.45) is 3.87. The van der Waals surface area contributed by atoms with Gasteiger partial charge in [-0.2, -0.15) is 0 Å². The van der Waals surface area contributed by atoms with E-state index in [0.29, 0.717) is 31.5 Å². The Morgan fingerprint density at radius 1 is 1.32 bits per heavy atom. The van der Waals surface area contributed by atoms with E-state index in [1.165, 1.54) is 0 Å². The number of nitrogens with zero attached hydrogens (tertiary/aromatic N) is 1. The fraction of sp³-hybridized carbons (Fsp3) is 0.312. The number of hydrogen-bond donors (Lipinski definition) is 1. The van der Waals surface area contributed by atoms with E-state index in [1.807, 2.05) is 30.3 Å². The molecule has 0 aromatic heterocycles. The molecule has 0 unspecified atom stereocenters. The smallest absolute Gasteiger partial charge is 0.253 e. The van der Waals surface area contributed by atoms with E-state index in [9.17, 15) is 9.90 Å². The molecule has 19 heavy (non-hydrogen) atoms. The Kier molecular flexibility index (Phi) is 4.39. The monoisotopic (exact) mass is 257 g/mol. The molecule has 0 saturated carbocycles. The van der Waals surface area contributed by atoms with E-state index in [2.05, 4.69) is 6.58 Å². The maximum absolute atomic E-state index is 12.4. The number of allylic oxidation sites excluding steroid dienone is 1. The standard InChI is InChI=1S/C16H19NO2/c1-2-11-17(12-13-7-4-3-5-8-13)16(19)14-9-6-10-15(14)18/h2-5,7-8,18H,1,6,9-12H2. The van der Waals surface area contributed by atoms with Gasteiger partial charge >= 0.3 is 0 Å². The first kappa shape index (κ1) is 13.4. The summed E-state index contributed by atoms with van der Waals surface area (Å²) in [5.74, 6) is 0.186. The molecule has 0 atom stereocenters. The molecule has 100 valence electrons. The van der Waals surface area contributed by atoms with Crippen molar-refractivity contribution in [3.63, 3.8) is 0 Å². The van der Waals surface area contributed by atoms with Crippen LogP contribution < -0.4 is 0 Å². The molecule has 2 rings (SSSR count). The lowest BCUT2D eigenvalue weighted by molar-refractivity contribution is -0.127. The fourth-order valence-electron chi connectivity index (χ4n) is 2.33. The average molecular weight is 257 g/mol. The van der Waals surface area contributed by atoms with E-state index in [0.717, 1.165) is 12.0 Å². The number of rotatable bonds is 5. The van der Waals surface area contributed by atoms with E-state index in [-0.39, 0.29) is 11.7 Å². The van der Waals surface area contributed by atoms with Gasteiger partial charge in [-0.1, -0.05) is 36.4 Å². The van der Waals surface area contributed by atoms with Gasteiger partial charge < -0.3 is 10.0 Å². The van der Waals surface area contributed by atoms with Crippen LogP contribution in [-0.4, -0.2) is 22.5 Å². The molecule has 1 aromatic rings. The highest BCUT2D eigenvalue weighted by Crippen LogP contribution is 2.26. The molecule has 0 bridgehead atoms. The van der Waals surface area contributed by atoms with Gasteiger partial charge in [-0.25, -0.2) is 0 Å². The van der Waals surface area contributed by atoms with Crippen LogP contribution in [-0.2, 0) is 11.3 Å². The normalized spacial score (nSPS) is 14.5. The first-order chi connectivity index (χ1) is 9.22. The summed E-state index contributed by atoms with van der Waals surface area (Å²) in [7, 11) is 0. The van der Waals surface area contributed by atoms with Gasteiger partial charge in [-0.05, 0) is 18.4 Å². The Morgan fingerprint density at radius 3 is 2.63 bits per heavy atom. The van der Waals surface area contributed by atoms with Crippen LogP contribution >= 0.6 is 0 Å². The molecule has 0 radical (unpaired) electrons. The van der Waals surface area contributed by atoms with Gasteiger partial charge in [-0.15, -0.1) is 6.58 Å². The second kappa shape index (κ2) is 6.23. The second-order valence-corrected chi connectivity index (χ2v) is 4.74. The molecule has 1 N–H and O–H groups in total. The predicted molar refractivity (Wildman–Crippen MR) is 75.6 cm³/mol. The van der Waals surface area contributed by atoms with Gasteiger partial charge in [0.05, 0.1) is 5.57 Å². The summed E-state index contributed by atoms with van der Waals surface area (Å²) in [6, 6.07) is 9.85. The number of carbonyl (C=O) groups is 1. The summed E-state index contributed by atoms with van der Waals surface area (Å²) in [5.41, 5.74) is 1.65. The van der Waals surface area contributed by atoms with Crippen LogP contribution in [0.4, 0.5) is 0 Å². The summed E-state index contributed by atoms with van der Waals surface area (Å²) < 4.78 is 0. The zero-order valence-electron chi connectivity index (χ0n) is 11.0. The summed E-state index contributed by atoms with van der Waals surface area (Å²) in [5, 5.41) is 9.75. The molecule has 1 aromatic carbocycles. The van der Waals surface area contributed by atoms with Crippen molar-refractivity contribution in [2.24, 2.45) is 0 Å². The molecular weight excluding hydrogens is 238 g/mol. The van der Waals surface area contributed by atoms with E-state index < -0.39 is 0 Å². The van der Waals surface area contributed by atoms with Crippen LogP contribution in [0.3, 0.4) is 0 Å². The van der Waals surface area contributed by atoms with Crippen molar-refractivity contribution < 1.29 is 9.90 Å². The number of aliphatic hydroxyl groups is 1. The minimum atomic E-state index is -0.0706. The minimum absolute atomic E-state index is 0.0706. The molecule has 0 fully saturated rings. The van der Waals surface area contributed by atoms with Crippen LogP contribution in [0.1, 0.15) is 24.8 Å². The van der Waals surface area contributed by atoms with Crippen molar-refractivity contribution in [3.05, 3.63) is 59.9 Å². The van der Waals surface area contributed by atoms with Crippen molar-refractivity contribution in [2.75, 3.05) is 6.54 Å². The Balaban J connectivity index is 2.14. The number of amides is 1. The lowest BCUT2D eigenvalue weighted by Crippen LogP contribution is -2.32. The summed E-state index contributed by atoms with van der Waals surface area (Å²) in [4.78, 5) is 14.1. The van der Waals surface area contributed by atoms with Crippen LogP contribution in [0, 0.1) is 0 Å². The predicted octanol–water partition coefficient (Wildman–Crippen LogP) is 3.20. The Morgan fingerprint density at radius 2 is 2.05 bits per heavy atom. The molecule has 0 aliphatic heterocycles. The maximum Gasteiger partial charge on any atom is 0.253 e. The van der Waals surface area contributed by atoms with Crippen LogP contribution in [0.15, 0.2) is 54.3 Å². The zero-order valence-corrected chi connectivity index (χ0v) is 11.0.